The van der Waals surface area contributed by atoms with Gasteiger partial charge in [0, 0.05) is 32.2 Å². The minimum atomic E-state index is 0.498. The lowest BCUT2D eigenvalue weighted by atomic mass is 10.3. The van der Waals surface area contributed by atoms with Gasteiger partial charge in [-0.25, -0.2) is 9.97 Å². The normalized spacial score (nSPS) is 15.1. The maximum atomic E-state index is 10.6. The van der Waals surface area contributed by atoms with E-state index in [0.717, 1.165) is 25.3 Å². The SMILES string of the molecule is Cc1nc(NC#N)cc(N2CCN(C=O)CC2)n1. The van der Waals surface area contributed by atoms with E-state index in [1.54, 1.807) is 17.9 Å². The molecule has 0 radical (unpaired) electrons. The molecule has 0 spiro atoms. The van der Waals surface area contributed by atoms with Gasteiger partial charge in [-0.05, 0) is 6.92 Å². The fourth-order valence-corrected chi connectivity index (χ4v) is 1.89. The first-order chi connectivity index (χ1) is 8.72. The van der Waals surface area contributed by atoms with Crippen molar-refractivity contribution in [1.82, 2.24) is 14.9 Å². The Kier molecular flexibility index (Phi) is 3.57. The minimum Gasteiger partial charge on any atom is -0.353 e. The highest BCUT2D eigenvalue weighted by atomic mass is 16.1. The van der Waals surface area contributed by atoms with Gasteiger partial charge < -0.3 is 9.80 Å². The van der Waals surface area contributed by atoms with Gasteiger partial charge in [0.15, 0.2) is 6.19 Å². The van der Waals surface area contributed by atoms with E-state index in [2.05, 4.69) is 20.2 Å². The number of carbonyl (C=O) groups excluding carboxylic acids is 1. The van der Waals surface area contributed by atoms with Crippen LogP contribution in [0.3, 0.4) is 0 Å². The molecule has 1 saturated heterocycles. The molecular formula is C11H14N6O. The van der Waals surface area contributed by atoms with Crippen LogP contribution in [0.5, 0.6) is 0 Å². The Labute approximate surface area is 105 Å². The summed E-state index contributed by atoms with van der Waals surface area (Å²) in [6.45, 7) is 4.64. The Morgan fingerprint density at radius 2 is 2.11 bits per heavy atom. The first kappa shape index (κ1) is 12.1. The highest BCUT2D eigenvalue weighted by molar-refractivity contribution is 5.53. The molecular weight excluding hydrogens is 232 g/mol. The zero-order chi connectivity index (χ0) is 13.0. The molecule has 94 valence electrons. The maximum Gasteiger partial charge on any atom is 0.209 e. The van der Waals surface area contributed by atoms with Gasteiger partial charge in [-0.15, -0.1) is 0 Å². The van der Waals surface area contributed by atoms with Crippen molar-refractivity contribution in [2.45, 2.75) is 6.92 Å². The number of rotatable bonds is 3. The number of hydrogen-bond acceptors (Lipinski definition) is 6. The number of carbonyl (C=O) groups is 1. The number of amides is 1. The minimum absolute atomic E-state index is 0.498. The molecule has 0 saturated carbocycles. The van der Waals surface area contributed by atoms with Crippen LogP contribution >= 0.6 is 0 Å². The second-order valence-corrected chi connectivity index (χ2v) is 4.02. The molecule has 1 aliphatic heterocycles. The van der Waals surface area contributed by atoms with E-state index in [9.17, 15) is 4.79 Å². The molecule has 0 unspecified atom stereocenters. The molecule has 1 amide bonds. The monoisotopic (exact) mass is 246 g/mol. The largest absolute Gasteiger partial charge is 0.353 e. The second-order valence-electron chi connectivity index (χ2n) is 4.02. The average molecular weight is 246 g/mol. The molecule has 2 rings (SSSR count). The fourth-order valence-electron chi connectivity index (χ4n) is 1.89. The van der Waals surface area contributed by atoms with Crippen molar-refractivity contribution < 1.29 is 4.79 Å². The van der Waals surface area contributed by atoms with E-state index < -0.39 is 0 Å². The average Bonchev–Trinajstić information content (AvgIpc) is 2.38. The molecule has 0 atom stereocenters. The number of aromatic nitrogens is 2. The van der Waals surface area contributed by atoms with E-state index in [1.807, 2.05) is 6.19 Å². The summed E-state index contributed by atoms with van der Waals surface area (Å²) in [5.74, 6) is 1.90. The van der Waals surface area contributed by atoms with Crippen LogP contribution in [0, 0.1) is 18.4 Å². The van der Waals surface area contributed by atoms with Crippen LogP contribution in [0.4, 0.5) is 11.6 Å². The van der Waals surface area contributed by atoms with Crippen LogP contribution in [-0.4, -0.2) is 47.5 Å². The molecule has 1 aliphatic rings. The third-order valence-corrected chi connectivity index (χ3v) is 2.80. The summed E-state index contributed by atoms with van der Waals surface area (Å²) < 4.78 is 0. The van der Waals surface area contributed by atoms with Gasteiger partial charge in [-0.2, -0.15) is 5.26 Å². The first-order valence-corrected chi connectivity index (χ1v) is 5.68. The van der Waals surface area contributed by atoms with Crippen molar-refractivity contribution >= 4 is 18.0 Å². The highest BCUT2D eigenvalue weighted by Gasteiger charge is 2.17. The van der Waals surface area contributed by atoms with Crippen molar-refractivity contribution in [3.05, 3.63) is 11.9 Å². The summed E-state index contributed by atoms with van der Waals surface area (Å²) in [6.07, 6.45) is 2.71. The number of piperazine rings is 1. The van der Waals surface area contributed by atoms with Gasteiger partial charge in [0.05, 0.1) is 0 Å². The molecule has 7 nitrogen and oxygen atoms in total. The number of nitrogens with zero attached hydrogens (tertiary/aromatic N) is 5. The summed E-state index contributed by atoms with van der Waals surface area (Å²) in [6, 6.07) is 1.74. The van der Waals surface area contributed by atoms with E-state index in [1.165, 1.54) is 0 Å². The van der Waals surface area contributed by atoms with Crippen molar-refractivity contribution in [3.8, 4) is 6.19 Å². The molecule has 0 bridgehead atoms. The van der Waals surface area contributed by atoms with Gasteiger partial charge in [0.25, 0.3) is 0 Å². The Hall–Kier alpha value is -2.36. The van der Waals surface area contributed by atoms with Gasteiger partial charge in [-0.3, -0.25) is 10.1 Å². The zero-order valence-corrected chi connectivity index (χ0v) is 10.1. The van der Waals surface area contributed by atoms with E-state index >= 15 is 0 Å². The number of anilines is 2. The smallest absolute Gasteiger partial charge is 0.209 e. The fraction of sp³-hybridized carbons (Fsp3) is 0.455. The maximum absolute atomic E-state index is 10.6. The molecule has 7 heteroatoms. The molecule has 1 N–H and O–H groups in total. The lowest BCUT2D eigenvalue weighted by molar-refractivity contribution is -0.118. The topological polar surface area (TPSA) is 85.2 Å². The summed E-state index contributed by atoms with van der Waals surface area (Å²) in [4.78, 5) is 22.9. The van der Waals surface area contributed by atoms with Gasteiger partial charge in [-0.1, -0.05) is 0 Å². The van der Waals surface area contributed by atoms with Crippen LogP contribution in [0.25, 0.3) is 0 Å². The molecule has 0 aromatic carbocycles. The second kappa shape index (κ2) is 5.31. The van der Waals surface area contributed by atoms with Crippen molar-refractivity contribution in [2.75, 3.05) is 36.4 Å². The van der Waals surface area contributed by atoms with Gasteiger partial charge in [0.1, 0.15) is 17.5 Å². The molecule has 1 fully saturated rings. The summed E-state index contributed by atoms with van der Waals surface area (Å²) in [5, 5.41) is 11.1. The molecule has 1 aromatic rings. The summed E-state index contributed by atoms with van der Waals surface area (Å²) in [7, 11) is 0. The highest BCUT2D eigenvalue weighted by Crippen LogP contribution is 2.17. The Morgan fingerprint density at radius 1 is 1.39 bits per heavy atom. The Bertz CT molecular complexity index is 475. The van der Waals surface area contributed by atoms with Gasteiger partial charge in [0.2, 0.25) is 6.41 Å². The Balaban J connectivity index is 2.13. The quantitative estimate of drug-likeness (QED) is 0.457. The van der Waals surface area contributed by atoms with Crippen molar-refractivity contribution in [1.29, 1.82) is 5.26 Å². The molecule has 1 aromatic heterocycles. The molecule has 18 heavy (non-hydrogen) atoms. The summed E-state index contributed by atoms with van der Waals surface area (Å²) in [5.41, 5.74) is 0. The van der Waals surface area contributed by atoms with Crippen LogP contribution in [0.15, 0.2) is 6.07 Å². The number of nitriles is 1. The van der Waals surface area contributed by atoms with E-state index in [4.69, 9.17) is 5.26 Å². The third kappa shape index (κ3) is 2.66. The van der Waals surface area contributed by atoms with E-state index in [0.29, 0.717) is 24.7 Å². The van der Waals surface area contributed by atoms with Crippen LogP contribution < -0.4 is 10.2 Å². The predicted molar refractivity (Wildman–Crippen MR) is 65.9 cm³/mol. The number of nitrogens with one attached hydrogen (secondary N) is 1. The Morgan fingerprint density at radius 3 is 2.72 bits per heavy atom. The van der Waals surface area contributed by atoms with Crippen molar-refractivity contribution in [3.63, 3.8) is 0 Å². The van der Waals surface area contributed by atoms with Crippen LogP contribution in [0.1, 0.15) is 5.82 Å². The molecule has 2 heterocycles. The first-order valence-electron chi connectivity index (χ1n) is 5.68. The predicted octanol–water partition coefficient (Wildman–Crippen LogP) is -0.0436. The zero-order valence-electron chi connectivity index (χ0n) is 10.1. The van der Waals surface area contributed by atoms with E-state index in [-0.39, 0.29) is 0 Å². The van der Waals surface area contributed by atoms with Crippen LogP contribution in [-0.2, 0) is 4.79 Å². The van der Waals surface area contributed by atoms with Gasteiger partial charge >= 0.3 is 0 Å². The van der Waals surface area contributed by atoms with Crippen molar-refractivity contribution in [2.24, 2.45) is 0 Å². The van der Waals surface area contributed by atoms with Crippen LogP contribution in [0.2, 0.25) is 0 Å². The lowest BCUT2D eigenvalue weighted by Gasteiger charge is -2.33. The summed E-state index contributed by atoms with van der Waals surface area (Å²) >= 11 is 0. The number of hydrogen-bond donors (Lipinski definition) is 1. The lowest BCUT2D eigenvalue weighted by Crippen LogP contribution is -2.46. The molecule has 0 aliphatic carbocycles. The standard InChI is InChI=1S/C11H14N6O/c1-9-14-10(13-7-12)6-11(15-9)17-4-2-16(8-18)3-5-17/h6,8H,2-5H2,1H3,(H,13,14,15). The third-order valence-electron chi connectivity index (χ3n) is 2.80. The number of aryl methyl sites for hydroxylation is 1.